The topological polar surface area (TPSA) is 66.4 Å². The number of carbonyl (C=O) groups is 2. The molecule has 0 heterocycles. The minimum atomic E-state index is -0.842. The predicted molar refractivity (Wildman–Crippen MR) is 61.0 cm³/mol. The van der Waals surface area contributed by atoms with Crippen LogP contribution in [-0.4, -0.2) is 23.0 Å². The lowest BCUT2D eigenvalue weighted by Crippen LogP contribution is -2.39. The second-order valence-electron chi connectivity index (χ2n) is 4.57. The van der Waals surface area contributed by atoms with Gasteiger partial charge in [-0.3, -0.25) is 9.59 Å². The van der Waals surface area contributed by atoms with Crippen LogP contribution in [0.25, 0.3) is 0 Å². The first-order chi connectivity index (χ1) is 7.63. The fourth-order valence-electron chi connectivity index (χ4n) is 2.29. The van der Waals surface area contributed by atoms with Crippen molar-refractivity contribution in [2.45, 2.75) is 57.9 Å². The Bertz CT molecular complexity index is 247. The number of carbonyl (C=O) groups excluding carboxylic acids is 1. The lowest BCUT2D eigenvalue weighted by atomic mass is 10.0. The Morgan fingerprint density at radius 2 is 2.00 bits per heavy atom. The molecule has 1 fully saturated rings. The molecule has 0 spiro atoms. The zero-order valence-corrected chi connectivity index (χ0v) is 9.87. The Labute approximate surface area is 96.4 Å². The lowest BCUT2D eigenvalue weighted by molar-refractivity contribution is -0.137. The predicted octanol–water partition coefficient (Wildman–Crippen LogP) is 1.94. The lowest BCUT2D eigenvalue weighted by Gasteiger charge is -2.18. The van der Waals surface area contributed by atoms with Crippen LogP contribution in [0, 0.1) is 5.92 Å². The molecule has 0 saturated heterocycles. The van der Waals surface area contributed by atoms with E-state index in [4.69, 9.17) is 5.11 Å². The van der Waals surface area contributed by atoms with Crippen molar-refractivity contribution in [2.75, 3.05) is 0 Å². The fraction of sp³-hybridized carbons (Fsp3) is 0.833. The van der Waals surface area contributed by atoms with Crippen LogP contribution < -0.4 is 5.32 Å². The van der Waals surface area contributed by atoms with Crippen LogP contribution in [-0.2, 0) is 9.59 Å². The summed E-state index contributed by atoms with van der Waals surface area (Å²) in [4.78, 5) is 22.4. The quantitative estimate of drug-likeness (QED) is 0.728. The van der Waals surface area contributed by atoms with E-state index in [0.717, 1.165) is 38.5 Å². The van der Waals surface area contributed by atoms with E-state index in [2.05, 4.69) is 5.32 Å². The summed E-state index contributed by atoms with van der Waals surface area (Å²) in [5, 5.41) is 11.6. The van der Waals surface area contributed by atoms with Gasteiger partial charge in [0, 0.05) is 12.0 Å². The van der Waals surface area contributed by atoms with Gasteiger partial charge in [-0.1, -0.05) is 26.2 Å². The van der Waals surface area contributed by atoms with Crippen molar-refractivity contribution in [3.8, 4) is 0 Å². The highest BCUT2D eigenvalue weighted by Gasteiger charge is 2.25. The Balaban J connectivity index is 2.39. The highest BCUT2D eigenvalue weighted by atomic mass is 16.4. The minimum absolute atomic E-state index is 0.0340. The van der Waals surface area contributed by atoms with Crippen molar-refractivity contribution in [3.05, 3.63) is 0 Å². The third-order valence-electron chi connectivity index (χ3n) is 3.13. The maximum Gasteiger partial charge on any atom is 0.305 e. The van der Waals surface area contributed by atoms with E-state index in [1.54, 1.807) is 0 Å². The number of amides is 1. The van der Waals surface area contributed by atoms with E-state index in [1.807, 2.05) is 6.92 Å². The number of hydrogen-bond acceptors (Lipinski definition) is 2. The fourth-order valence-corrected chi connectivity index (χ4v) is 2.29. The van der Waals surface area contributed by atoms with Gasteiger partial charge < -0.3 is 10.4 Å². The van der Waals surface area contributed by atoms with Gasteiger partial charge in [-0.25, -0.2) is 0 Å². The SMILES string of the molecule is CCCC(CC(=O)O)NC(=O)C1CCCC1. The molecule has 4 nitrogen and oxygen atoms in total. The van der Waals surface area contributed by atoms with Crippen molar-refractivity contribution >= 4 is 11.9 Å². The van der Waals surface area contributed by atoms with Gasteiger partial charge >= 0.3 is 5.97 Å². The zero-order valence-electron chi connectivity index (χ0n) is 9.87. The monoisotopic (exact) mass is 227 g/mol. The molecule has 1 unspecified atom stereocenters. The summed E-state index contributed by atoms with van der Waals surface area (Å²) < 4.78 is 0. The summed E-state index contributed by atoms with van der Waals surface area (Å²) in [5.41, 5.74) is 0. The third-order valence-corrected chi connectivity index (χ3v) is 3.13. The van der Waals surface area contributed by atoms with Crippen LogP contribution >= 0.6 is 0 Å². The molecule has 2 N–H and O–H groups in total. The third kappa shape index (κ3) is 4.21. The van der Waals surface area contributed by atoms with Gasteiger partial charge in [0.1, 0.15) is 0 Å². The summed E-state index contributed by atoms with van der Waals surface area (Å²) in [5.74, 6) is -0.671. The van der Waals surface area contributed by atoms with Crippen molar-refractivity contribution in [1.29, 1.82) is 0 Å². The molecule has 1 aliphatic rings. The molecule has 1 rings (SSSR count). The first kappa shape index (κ1) is 13.0. The van der Waals surface area contributed by atoms with Crippen molar-refractivity contribution < 1.29 is 14.7 Å². The molecule has 92 valence electrons. The van der Waals surface area contributed by atoms with Crippen LogP contribution in [0.1, 0.15) is 51.9 Å². The van der Waals surface area contributed by atoms with Crippen LogP contribution in [0.15, 0.2) is 0 Å². The molecule has 0 aromatic heterocycles. The average Bonchev–Trinajstić information content (AvgIpc) is 2.69. The van der Waals surface area contributed by atoms with Gasteiger partial charge in [0.25, 0.3) is 0 Å². The van der Waals surface area contributed by atoms with Crippen LogP contribution in [0.2, 0.25) is 0 Å². The number of carboxylic acids is 1. The molecule has 1 atom stereocenters. The molecule has 1 aliphatic carbocycles. The summed E-state index contributed by atoms with van der Waals surface area (Å²) in [6.07, 6.45) is 5.82. The Kier molecular flexibility index (Phi) is 5.29. The van der Waals surface area contributed by atoms with E-state index in [1.165, 1.54) is 0 Å². The van der Waals surface area contributed by atoms with Crippen molar-refractivity contribution in [2.24, 2.45) is 5.92 Å². The summed E-state index contributed by atoms with van der Waals surface area (Å²) in [7, 11) is 0. The maximum absolute atomic E-state index is 11.8. The molecule has 16 heavy (non-hydrogen) atoms. The second-order valence-corrected chi connectivity index (χ2v) is 4.57. The van der Waals surface area contributed by atoms with Crippen LogP contribution in [0.5, 0.6) is 0 Å². The molecule has 1 saturated carbocycles. The van der Waals surface area contributed by atoms with Gasteiger partial charge in [-0.05, 0) is 19.3 Å². The van der Waals surface area contributed by atoms with E-state index >= 15 is 0 Å². The molecule has 0 aromatic rings. The van der Waals surface area contributed by atoms with Gasteiger partial charge in [0.05, 0.1) is 6.42 Å². The van der Waals surface area contributed by atoms with Crippen molar-refractivity contribution in [3.63, 3.8) is 0 Å². The molecule has 0 bridgehead atoms. The Morgan fingerprint density at radius 1 is 1.38 bits per heavy atom. The first-order valence-corrected chi connectivity index (χ1v) is 6.15. The van der Waals surface area contributed by atoms with E-state index in [-0.39, 0.29) is 24.3 Å². The summed E-state index contributed by atoms with van der Waals surface area (Å²) in [6, 6.07) is -0.199. The minimum Gasteiger partial charge on any atom is -0.481 e. The number of hydrogen-bond donors (Lipinski definition) is 2. The highest BCUT2D eigenvalue weighted by Crippen LogP contribution is 2.25. The molecule has 0 aromatic carbocycles. The second kappa shape index (κ2) is 6.51. The van der Waals surface area contributed by atoms with Crippen LogP contribution in [0.3, 0.4) is 0 Å². The zero-order chi connectivity index (χ0) is 12.0. The average molecular weight is 227 g/mol. The van der Waals surface area contributed by atoms with Gasteiger partial charge in [0.15, 0.2) is 0 Å². The smallest absolute Gasteiger partial charge is 0.305 e. The number of aliphatic carboxylic acids is 1. The largest absolute Gasteiger partial charge is 0.481 e. The van der Waals surface area contributed by atoms with Crippen molar-refractivity contribution in [1.82, 2.24) is 5.32 Å². The Hall–Kier alpha value is -1.06. The number of carboxylic acid groups (broad SMARTS) is 1. The van der Waals surface area contributed by atoms with Gasteiger partial charge in [-0.15, -0.1) is 0 Å². The van der Waals surface area contributed by atoms with Crippen LogP contribution in [0.4, 0.5) is 0 Å². The summed E-state index contributed by atoms with van der Waals surface area (Å²) in [6.45, 7) is 2.00. The molecule has 1 amide bonds. The first-order valence-electron chi connectivity index (χ1n) is 6.15. The van der Waals surface area contributed by atoms with Gasteiger partial charge in [-0.2, -0.15) is 0 Å². The normalized spacial score (nSPS) is 18.3. The van der Waals surface area contributed by atoms with E-state index in [9.17, 15) is 9.59 Å². The molecular weight excluding hydrogens is 206 g/mol. The molecule has 0 radical (unpaired) electrons. The maximum atomic E-state index is 11.8. The van der Waals surface area contributed by atoms with E-state index < -0.39 is 5.97 Å². The highest BCUT2D eigenvalue weighted by molar-refractivity contribution is 5.80. The standard InChI is InChI=1S/C12H21NO3/c1-2-5-10(8-11(14)15)13-12(16)9-6-3-4-7-9/h9-10H,2-8H2,1H3,(H,13,16)(H,14,15). The Morgan fingerprint density at radius 3 is 2.50 bits per heavy atom. The molecular formula is C12H21NO3. The molecule has 4 heteroatoms. The summed E-state index contributed by atoms with van der Waals surface area (Å²) >= 11 is 0. The van der Waals surface area contributed by atoms with Gasteiger partial charge in [0.2, 0.25) is 5.91 Å². The molecule has 0 aliphatic heterocycles. The van der Waals surface area contributed by atoms with E-state index in [0.29, 0.717) is 0 Å². The number of nitrogens with one attached hydrogen (secondary N) is 1. The number of rotatable bonds is 6.